The van der Waals surface area contributed by atoms with Crippen molar-refractivity contribution in [3.05, 3.63) is 73.5 Å². The highest BCUT2D eigenvalue weighted by atomic mass is 16.8. The van der Waals surface area contributed by atoms with Crippen molar-refractivity contribution in [2.75, 3.05) is 33.1 Å². The summed E-state index contributed by atoms with van der Waals surface area (Å²) in [6.45, 7) is -1.09. The molecule has 0 aliphatic carbocycles. The Kier molecular flexibility index (Phi) is 10.3. The van der Waals surface area contributed by atoms with E-state index >= 15 is 0 Å². The van der Waals surface area contributed by atoms with Gasteiger partial charge in [-0.05, 0) is 30.3 Å². The number of nitro benzene ring substituents is 1. The summed E-state index contributed by atoms with van der Waals surface area (Å²) < 4.78 is 0. The van der Waals surface area contributed by atoms with Crippen LogP contribution in [-0.2, 0) is 4.79 Å². The Balaban J connectivity index is 2.49. The highest BCUT2D eigenvalue weighted by Gasteiger charge is 2.25. The fourth-order valence-corrected chi connectivity index (χ4v) is 2.87. The molecule has 0 saturated carbocycles. The maximum Gasteiger partial charge on any atom is 0.296 e. The fraction of sp³-hybridized carbons (Fsp3) is 0.167. The van der Waals surface area contributed by atoms with Gasteiger partial charge >= 0.3 is 0 Å². The molecule has 0 saturated heterocycles. The minimum Gasteiger partial charge on any atom is -0.769 e. The molecular formula is C18H20N8O13-4. The Bertz CT molecular complexity index is 1210. The van der Waals surface area contributed by atoms with E-state index in [2.05, 4.69) is 16.3 Å². The largest absolute Gasteiger partial charge is 0.769 e. The quantitative estimate of drug-likeness (QED) is 0.0675. The van der Waals surface area contributed by atoms with Gasteiger partial charge in [0.15, 0.2) is 0 Å². The van der Waals surface area contributed by atoms with Crippen LogP contribution >= 0.6 is 0 Å². The number of aliphatic hydroxyl groups is 3. The van der Waals surface area contributed by atoms with E-state index in [0.717, 1.165) is 24.3 Å². The summed E-state index contributed by atoms with van der Waals surface area (Å²) in [5, 5.41) is 111. The summed E-state index contributed by atoms with van der Waals surface area (Å²) in [5.74, 6) is -2.09. The number of hydrazine groups is 2. The van der Waals surface area contributed by atoms with Crippen LogP contribution < -0.4 is 42.5 Å². The van der Waals surface area contributed by atoms with Crippen LogP contribution in [0.3, 0.4) is 0 Å². The standard InChI is InChI=1S/C18H21N8O13/c27-7-14(28)17(29)15(21-19-10-3-1-8(23(32)33)5-12(10)25(36)37)16(18(30)31)22-20-11-4-2-9(24(34)35)6-13(11)26(38)39/h1-6,14,17,19-22,27-29,34,36-37H,7H2,(H,30,31)/q-3/p-1. The lowest BCUT2D eigenvalue weighted by Gasteiger charge is -2.38. The van der Waals surface area contributed by atoms with E-state index in [1.54, 1.807) is 0 Å². The lowest BCUT2D eigenvalue weighted by atomic mass is 10.1. The monoisotopic (exact) mass is 556 g/mol. The van der Waals surface area contributed by atoms with Crippen LogP contribution in [0.5, 0.6) is 0 Å². The molecule has 10 N–H and O–H groups in total. The first-order chi connectivity index (χ1) is 18.3. The number of benzene rings is 2. The molecule has 0 aliphatic heterocycles. The number of nitro groups is 1. The summed E-state index contributed by atoms with van der Waals surface area (Å²) in [4.78, 5) is 22.2. The van der Waals surface area contributed by atoms with Gasteiger partial charge in [0.25, 0.3) is 5.69 Å². The Morgan fingerprint density at radius 3 is 2.05 bits per heavy atom. The molecule has 0 aromatic heterocycles. The third kappa shape index (κ3) is 7.65. The zero-order valence-corrected chi connectivity index (χ0v) is 19.2. The average Bonchev–Trinajstić information content (AvgIpc) is 2.88. The molecule has 0 bridgehead atoms. The van der Waals surface area contributed by atoms with Crippen molar-refractivity contribution < 1.29 is 45.8 Å². The van der Waals surface area contributed by atoms with Crippen molar-refractivity contribution in [1.29, 1.82) is 0 Å². The van der Waals surface area contributed by atoms with Gasteiger partial charge in [-0.15, -0.1) is 5.23 Å². The number of carbonyl (C=O) groups excluding carboxylic acids is 1. The van der Waals surface area contributed by atoms with Gasteiger partial charge in [0.2, 0.25) is 0 Å². The van der Waals surface area contributed by atoms with E-state index in [-0.39, 0.29) is 5.69 Å². The van der Waals surface area contributed by atoms with Crippen LogP contribution in [0.2, 0.25) is 0 Å². The molecule has 0 amide bonds. The minimum absolute atomic E-state index is 0.350. The van der Waals surface area contributed by atoms with E-state index in [0.29, 0.717) is 12.1 Å². The number of carbonyl (C=O) groups is 1. The molecule has 39 heavy (non-hydrogen) atoms. The number of aliphatic carboxylic acids is 1. The Morgan fingerprint density at radius 1 is 0.949 bits per heavy atom. The molecule has 2 aromatic carbocycles. The molecule has 0 radical (unpaired) electrons. The topological polar surface area (TPSA) is 332 Å². The van der Waals surface area contributed by atoms with Gasteiger partial charge in [-0.25, -0.2) is 0 Å². The maximum absolute atomic E-state index is 11.9. The summed E-state index contributed by atoms with van der Waals surface area (Å²) in [5.41, 5.74) is 3.06. The van der Waals surface area contributed by atoms with E-state index in [9.17, 15) is 61.4 Å². The number of aliphatic hydroxyl groups excluding tert-OH is 3. The molecular weight excluding hydrogens is 536 g/mol. The Labute approximate surface area is 216 Å². The summed E-state index contributed by atoms with van der Waals surface area (Å²) in [7, 11) is 0. The number of hydrogen-bond acceptors (Lipinski definition) is 20. The van der Waals surface area contributed by atoms with Crippen molar-refractivity contribution >= 4 is 40.1 Å². The van der Waals surface area contributed by atoms with Crippen LogP contribution in [0.15, 0.2) is 47.8 Å². The Morgan fingerprint density at radius 2 is 1.54 bits per heavy atom. The number of anilines is 5. The van der Waals surface area contributed by atoms with Gasteiger partial charge in [-0.2, -0.15) is 0 Å². The lowest BCUT2D eigenvalue weighted by molar-refractivity contribution is -0.383. The van der Waals surface area contributed by atoms with Gasteiger partial charge in [0.1, 0.15) is 29.3 Å². The molecule has 2 aromatic rings. The smallest absolute Gasteiger partial charge is 0.296 e. The van der Waals surface area contributed by atoms with Crippen LogP contribution in [0.4, 0.5) is 34.1 Å². The van der Waals surface area contributed by atoms with E-state index in [1.165, 1.54) is 0 Å². The third-order valence-electron chi connectivity index (χ3n) is 4.78. The number of carboxylic acids is 1. The predicted molar refractivity (Wildman–Crippen MR) is 127 cm³/mol. The molecule has 2 atom stereocenters. The van der Waals surface area contributed by atoms with Crippen LogP contribution in [0.1, 0.15) is 0 Å². The second-order valence-corrected chi connectivity index (χ2v) is 7.25. The van der Waals surface area contributed by atoms with Gasteiger partial charge in [0.05, 0.1) is 34.6 Å². The highest BCUT2D eigenvalue weighted by Crippen LogP contribution is 2.30. The van der Waals surface area contributed by atoms with Gasteiger partial charge < -0.3 is 51.3 Å². The van der Waals surface area contributed by atoms with Crippen molar-refractivity contribution in [3.63, 3.8) is 0 Å². The second kappa shape index (κ2) is 13.2. The number of nitrogens with zero attached hydrogens (tertiary/aromatic N) is 4. The molecule has 0 spiro atoms. The molecule has 0 aliphatic rings. The molecule has 214 valence electrons. The predicted octanol–water partition coefficient (Wildman–Crippen LogP) is -2.12. The summed E-state index contributed by atoms with van der Waals surface area (Å²) in [6.07, 6.45) is -4.25. The molecule has 0 fully saturated rings. The van der Waals surface area contributed by atoms with E-state index in [4.69, 9.17) is 5.21 Å². The molecule has 0 heterocycles. The first-order valence-electron chi connectivity index (χ1n) is 10.2. The van der Waals surface area contributed by atoms with Crippen LogP contribution in [0, 0.1) is 25.7 Å². The van der Waals surface area contributed by atoms with E-state index in [1.807, 2.05) is 5.43 Å². The zero-order valence-electron chi connectivity index (χ0n) is 19.2. The first kappa shape index (κ1) is 30.5. The Hall–Kier alpha value is -4.71. The molecule has 2 rings (SSSR count). The number of carboxylic acid groups (broad SMARTS) is 1. The normalized spacial score (nSPS) is 12.9. The lowest BCUT2D eigenvalue weighted by Crippen LogP contribution is -2.46. The number of rotatable bonds is 14. The fourth-order valence-electron chi connectivity index (χ4n) is 2.87. The minimum atomic E-state index is -2.23. The highest BCUT2D eigenvalue weighted by molar-refractivity contribution is 5.86. The first-order valence-corrected chi connectivity index (χ1v) is 10.2. The van der Waals surface area contributed by atoms with Crippen LogP contribution in [0.25, 0.3) is 0 Å². The van der Waals surface area contributed by atoms with Crippen molar-refractivity contribution in [2.24, 2.45) is 0 Å². The number of hydrogen-bond donors (Lipinski definition) is 10. The third-order valence-corrected chi connectivity index (χ3v) is 4.78. The van der Waals surface area contributed by atoms with Crippen molar-refractivity contribution in [3.8, 4) is 0 Å². The zero-order chi connectivity index (χ0) is 29.4. The van der Waals surface area contributed by atoms with Crippen LogP contribution in [-0.4, -0.2) is 60.6 Å². The van der Waals surface area contributed by atoms with Gasteiger partial charge in [-0.1, -0.05) is 0 Å². The average molecular weight is 556 g/mol. The molecule has 21 nitrogen and oxygen atoms in total. The van der Waals surface area contributed by atoms with Gasteiger partial charge in [-0.3, -0.25) is 47.4 Å². The van der Waals surface area contributed by atoms with E-state index < -0.39 is 85.2 Å². The molecule has 2 unspecified atom stereocenters. The SMILES string of the molecule is O=C([O-])C(NNc1ccc(N([O-])O)cc1[N+](=O)[O-])=C(NNc1ccc(N([O-])[O-])cc1N(O)O)C(O)C(O)CO. The summed E-state index contributed by atoms with van der Waals surface area (Å²) >= 11 is 0. The number of nitrogens with one attached hydrogen (secondary N) is 4. The molecule has 21 heteroatoms. The summed E-state index contributed by atoms with van der Waals surface area (Å²) in [6, 6.07) is 5.02. The second-order valence-electron chi connectivity index (χ2n) is 7.25. The van der Waals surface area contributed by atoms with Gasteiger partial charge in [0, 0.05) is 11.8 Å². The maximum atomic E-state index is 11.9. The van der Waals surface area contributed by atoms with Crippen molar-refractivity contribution in [1.82, 2.24) is 10.9 Å². The van der Waals surface area contributed by atoms with Crippen molar-refractivity contribution in [2.45, 2.75) is 12.2 Å².